The summed E-state index contributed by atoms with van der Waals surface area (Å²) in [5, 5.41) is 3.85. The van der Waals surface area contributed by atoms with Gasteiger partial charge in [-0.15, -0.1) is 0 Å². The number of aromatic nitrogens is 1. The van der Waals surface area contributed by atoms with Gasteiger partial charge in [0.05, 0.1) is 11.4 Å². The normalized spacial score (nSPS) is 15.9. The second-order valence-electron chi connectivity index (χ2n) is 3.68. The fourth-order valence-electron chi connectivity index (χ4n) is 1.61. The summed E-state index contributed by atoms with van der Waals surface area (Å²) < 4.78 is 6.12. The summed E-state index contributed by atoms with van der Waals surface area (Å²) >= 11 is 7.01. The van der Waals surface area contributed by atoms with E-state index in [1.165, 1.54) is 12.8 Å². The lowest BCUT2D eigenvalue weighted by atomic mass is 10.4. The van der Waals surface area contributed by atoms with E-state index >= 15 is 0 Å². The van der Waals surface area contributed by atoms with Gasteiger partial charge in [0.1, 0.15) is 10.1 Å². The van der Waals surface area contributed by atoms with Crippen LogP contribution >= 0.6 is 24.0 Å². The van der Waals surface area contributed by atoms with E-state index in [1.54, 1.807) is 11.8 Å². The van der Waals surface area contributed by atoms with Crippen LogP contribution in [0.4, 0.5) is 0 Å². The van der Waals surface area contributed by atoms with Crippen LogP contribution in [0.15, 0.2) is 10.6 Å². The molecule has 1 saturated heterocycles. The molecule has 82 valence electrons. The Morgan fingerprint density at radius 1 is 1.60 bits per heavy atom. The third-order valence-corrected chi connectivity index (χ3v) is 3.92. The molecule has 0 saturated carbocycles. The van der Waals surface area contributed by atoms with E-state index in [1.807, 2.05) is 13.0 Å². The van der Waals surface area contributed by atoms with E-state index in [4.69, 9.17) is 16.7 Å². The molecule has 0 aliphatic carbocycles. The smallest absolute Gasteiger partial charge is 0.147 e. The highest BCUT2D eigenvalue weighted by Crippen LogP contribution is 2.20. The Balaban J connectivity index is 1.80. The minimum Gasteiger partial charge on any atom is -0.360 e. The van der Waals surface area contributed by atoms with Gasteiger partial charge in [-0.2, -0.15) is 0 Å². The fraction of sp³-hybridized carbons (Fsp3) is 0.600. The van der Waals surface area contributed by atoms with Crippen LogP contribution in [-0.2, 0) is 5.75 Å². The van der Waals surface area contributed by atoms with E-state index in [0.717, 1.165) is 34.6 Å². The van der Waals surface area contributed by atoms with E-state index in [0.29, 0.717) is 0 Å². The van der Waals surface area contributed by atoms with Gasteiger partial charge in [0, 0.05) is 19.2 Å². The van der Waals surface area contributed by atoms with Crippen molar-refractivity contribution >= 4 is 28.3 Å². The molecule has 15 heavy (non-hydrogen) atoms. The lowest BCUT2D eigenvalue weighted by Crippen LogP contribution is -2.23. The van der Waals surface area contributed by atoms with Crippen molar-refractivity contribution in [3.63, 3.8) is 0 Å². The molecule has 1 fully saturated rings. The largest absolute Gasteiger partial charge is 0.360 e. The van der Waals surface area contributed by atoms with Gasteiger partial charge in [0.2, 0.25) is 0 Å². The minimum absolute atomic E-state index is 0.788. The zero-order valence-corrected chi connectivity index (χ0v) is 10.4. The summed E-state index contributed by atoms with van der Waals surface area (Å²) in [4.78, 5) is 2.27. The van der Waals surface area contributed by atoms with Crippen molar-refractivity contribution in [2.24, 2.45) is 0 Å². The van der Waals surface area contributed by atoms with Crippen molar-refractivity contribution in [1.29, 1.82) is 0 Å². The molecule has 2 heterocycles. The standard InChI is InChI=1S/C10H14N2OS2/c1-8-6-9(13-11-8)7-15-10(14)12-4-2-3-5-12/h6H,2-5,7H2,1H3. The molecular weight excluding hydrogens is 228 g/mol. The Kier molecular flexibility index (Phi) is 3.64. The summed E-state index contributed by atoms with van der Waals surface area (Å²) in [6.07, 6.45) is 2.53. The van der Waals surface area contributed by atoms with Crippen LogP contribution in [0.2, 0.25) is 0 Å². The first-order chi connectivity index (χ1) is 7.25. The Hall–Kier alpha value is -0.550. The van der Waals surface area contributed by atoms with Crippen molar-refractivity contribution < 1.29 is 4.52 Å². The second-order valence-corrected chi connectivity index (χ2v) is 5.29. The third-order valence-electron chi connectivity index (χ3n) is 2.38. The van der Waals surface area contributed by atoms with E-state index in [9.17, 15) is 0 Å². The van der Waals surface area contributed by atoms with E-state index in [2.05, 4.69) is 10.1 Å². The van der Waals surface area contributed by atoms with Crippen LogP contribution in [0.3, 0.4) is 0 Å². The molecule has 0 amide bonds. The number of nitrogens with zero attached hydrogens (tertiary/aromatic N) is 2. The summed E-state index contributed by atoms with van der Waals surface area (Å²) in [6.45, 7) is 4.15. The molecular formula is C10H14N2OS2. The number of likely N-dealkylation sites (tertiary alicyclic amines) is 1. The average Bonchev–Trinajstić information content (AvgIpc) is 2.84. The average molecular weight is 242 g/mol. The van der Waals surface area contributed by atoms with Crippen LogP contribution in [-0.4, -0.2) is 27.5 Å². The number of rotatable bonds is 2. The first-order valence-electron chi connectivity index (χ1n) is 5.09. The Morgan fingerprint density at radius 2 is 2.33 bits per heavy atom. The molecule has 1 aromatic rings. The van der Waals surface area contributed by atoms with Crippen molar-refractivity contribution in [3.05, 3.63) is 17.5 Å². The molecule has 1 aliphatic rings. The highest BCUT2D eigenvalue weighted by Gasteiger charge is 2.15. The molecule has 0 spiro atoms. The maximum Gasteiger partial charge on any atom is 0.147 e. The molecule has 3 nitrogen and oxygen atoms in total. The van der Waals surface area contributed by atoms with E-state index in [-0.39, 0.29) is 0 Å². The summed E-state index contributed by atoms with van der Waals surface area (Å²) in [5.41, 5.74) is 0.928. The van der Waals surface area contributed by atoms with Crippen molar-refractivity contribution in [2.45, 2.75) is 25.5 Å². The summed E-state index contributed by atoms with van der Waals surface area (Å²) in [5.74, 6) is 1.69. The quantitative estimate of drug-likeness (QED) is 0.744. The van der Waals surface area contributed by atoms with Gasteiger partial charge in [0.15, 0.2) is 0 Å². The fourth-order valence-corrected chi connectivity index (χ4v) is 2.73. The Morgan fingerprint density at radius 3 is 2.93 bits per heavy atom. The second kappa shape index (κ2) is 4.99. The predicted octanol–water partition coefficient (Wildman–Crippen LogP) is 2.60. The Bertz CT molecular complexity index is 345. The number of aryl methyl sites for hydroxylation is 1. The van der Waals surface area contributed by atoms with Gasteiger partial charge in [-0.05, 0) is 19.8 Å². The van der Waals surface area contributed by atoms with Crippen LogP contribution in [0.25, 0.3) is 0 Å². The Labute approximate surface area is 99.2 Å². The summed E-state index contributed by atoms with van der Waals surface area (Å²) in [7, 11) is 0. The van der Waals surface area contributed by atoms with Crippen LogP contribution in [0.1, 0.15) is 24.3 Å². The number of hydrogen-bond donors (Lipinski definition) is 0. The van der Waals surface area contributed by atoms with Crippen LogP contribution in [0, 0.1) is 6.92 Å². The molecule has 0 aromatic carbocycles. The van der Waals surface area contributed by atoms with Gasteiger partial charge in [-0.3, -0.25) is 0 Å². The molecule has 5 heteroatoms. The molecule has 0 unspecified atom stereocenters. The molecule has 0 radical (unpaired) electrons. The van der Waals surface area contributed by atoms with Gasteiger partial charge in [-0.1, -0.05) is 29.1 Å². The first kappa shape index (κ1) is 11.0. The molecule has 0 bridgehead atoms. The van der Waals surface area contributed by atoms with Crippen molar-refractivity contribution in [1.82, 2.24) is 10.1 Å². The van der Waals surface area contributed by atoms with Gasteiger partial charge in [0.25, 0.3) is 0 Å². The molecule has 0 N–H and O–H groups in total. The zero-order valence-electron chi connectivity index (χ0n) is 8.73. The third kappa shape index (κ3) is 2.95. The highest BCUT2D eigenvalue weighted by molar-refractivity contribution is 8.22. The minimum atomic E-state index is 0.788. The summed E-state index contributed by atoms with van der Waals surface area (Å²) in [6, 6.07) is 1.96. The molecule has 1 aromatic heterocycles. The van der Waals surface area contributed by atoms with Gasteiger partial charge >= 0.3 is 0 Å². The number of thiocarbonyl (C=S) groups is 1. The number of thioether (sulfide) groups is 1. The monoisotopic (exact) mass is 242 g/mol. The first-order valence-corrected chi connectivity index (χ1v) is 6.49. The van der Waals surface area contributed by atoms with Crippen molar-refractivity contribution in [2.75, 3.05) is 13.1 Å². The maximum atomic E-state index is 5.35. The zero-order chi connectivity index (χ0) is 10.7. The molecule has 2 rings (SSSR count). The topological polar surface area (TPSA) is 29.3 Å². The maximum absolute atomic E-state index is 5.35. The van der Waals surface area contributed by atoms with Crippen molar-refractivity contribution in [3.8, 4) is 0 Å². The SMILES string of the molecule is Cc1cc(CSC(=S)N2CCCC2)on1. The lowest BCUT2D eigenvalue weighted by molar-refractivity contribution is 0.391. The predicted molar refractivity (Wildman–Crippen MR) is 65.9 cm³/mol. The van der Waals surface area contributed by atoms with Gasteiger partial charge < -0.3 is 9.42 Å². The van der Waals surface area contributed by atoms with Crippen LogP contribution in [0.5, 0.6) is 0 Å². The van der Waals surface area contributed by atoms with E-state index < -0.39 is 0 Å². The number of hydrogen-bond acceptors (Lipinski definition) is 4. The van der Waals surface area contributed by atoms with Crippen LogP contribution < -0.4 is 0 Å². The lowest BCUT2D eigenvalue weighted by Gasteiger charge is -2.16. The molecule has 1 aliphatic heterocycles. The van der Waals surface area contributed by atoms with Gasteiger partial charge in [-0.25, -0.2) is 0 Å². The molecule has 0 atom stereocenters. The highest BCUT2D eigenvalue weighted by atomic mass is 32.2.